The zero-order valence-electron chi connectivity index (χ0n) is 6.70. The Hall–Kier alpha value is -0.370. The lowest BCUT2D eigenvalue weighted by Crippen LogP contribution is -2.11. The molecule has 78 valence electrons. The molecule has 0 aliphatic carbocycles. The van der Waals surface area contributed by atoms with Gasteiger partial charge >= 0.3 is 6.18 Å². The summed E-state index contributed by atoms with van der Waals surface area (Å²) in [6, 6.07) is 1.33. The molecule has 0 heterocycles. The number of hydrogen-bond donors (Lipinski definition) is 1. The van der Waals surface area contributed by atoms with Gasteiger partial charge in [-0.2, -0.15) is 13.2 Å². The summed E-state index contributed by atoms with van der Waals surface area (Å²) < 4.78 is 49.7. The molecule has 6 heteroatoms. The third kappa shape index (κ3) is 2.35. The van der Waals surface area contributed by atoms with E-state index in [0.29, 0.717) is 6.07 Å². The minimum atomic E-state index is -4.64. The molecule has 0 amide bonds. The lowest BCUT2D eigenvalue weighted by Gasteiger charge is -2.12. The van der Waals surface area contributed by atoms with E-state index < -0.39 is 24.2 Å². The minimum absolute atomic E-state index is 0.0671. The van der Waals surface area contributed by atoms with Gasteiger partial charge in [-0.05, 0) is 34.7 Å². The van der Waals surface area contributed by atoms with Gasteiger partial charge in [0.05, 0.1) is 12.2 Å². The first-order chi connectivity index (χ1) is 6.36. The lowest BCUT2D eigenvalue weighted by atomic mass is 10.1. The Kier molecular flexibility index (Phi) is 3.36. The number of hydrogen-bond acceptors (Lipinski definition) is 1. The summed E-state index contributed by atoms with van der Waals surface area (Å²) in [7, 11) is 0. The van der Waals surface area contributed by atoms with Crippen LogP contribution in [0.1, 0.15) is 11.1 Å². The van der Waals surface area contributed by atoms with Crippen molar-refractivity contribution in [3.63, 3.8) is 0 Å². The number of aliphatic hydroxyl groups is 1. The molecular formula is C8H5F4IO. The summed E-state index contributed by atoms with van der Waals surface area (Å²) in [6.45, 7) is -0.757. The molecule has 0 aliphatic rings. The average Bonchev–Trinajstić information content (AvgIpc) is 2.01. The SMILES string of the molecule is OCc1c(I)cc(F)cc1C(F)(F)F. The van der Waals surface area contributed by atoms with Crippen molar-refractivity contribution in [3.8, 4) is 0 Å². The molecule has 0 atom stereocenters. The van der Waals surface area contributed by atoms with Gasteiger partial charge in [0, 0.05) is 9.13 Å². The summed E-state index contributed by atoms with van der Waals surface area (Å²) in [5.41, 5.74) is -1.41. The number of halogens is 5. The summed E-state index contributed by atoms with van der Waals surface area (Å²) in [5, 5.41) is 8.73. The summed E-state index contributed by atoms with van der Waals surface area (Å²) in [5.74, 6) is -0.959. The Morgan fingerprint density at radius 3 is 2.29 bits per heavy atom. The quantitative estimate of drug-likeness (QED) is 0.623. The maximum atomic E-state index is 12.7. The molecule has 1 aromatic rings. The first kappa shape index (κ1) is 11.7. The predicted molar refractivity (Wildman–Crippen MR) is 50.0 cm³/mol. The second kappa shape index (κ2) is 4.01. The van der Waals surface area contributed by atoms with Crippen LogP contribution < -0.4 is 0 Å². The van der Waals surface area contributed by atoms with E-state index in [-0.39, 0.29) is 9.13 Å². The van der Waals surface area contributed by atoms with Gasteiger partial charge in [0.1, 0.15) is 5.82 Å². The van der Waals surface area contributed by atoms with Crippen LogP contribution in [-0.4, -0.2) is 5.11 Å². The average molecular weight is 320 g/mol. The zero-order chi connectivity index (χ0) is 10.9. The Bertz CT molecular complexity index is 348. The van der Waals surface area contributed by atoms with E-state index in [2.05, 4.69) is 0 Å². The van der Waals surface area contributed by atoms with Gasteiger partial charge in [0.15, 0.2) is 0 Å². The molecule has 1 N–H and O–H groups in total. The van der Waals surface area contributed by atoms with Crippen molar-refractivity contribution in [1.29, 1.82) is 0 Å². The van der Waals surface area contributed by atoms with Crippen LogP contribution in [0.2, 0.25) is 0 Å². The van der Waals surface area contributed by atoms with Gasteiger partial charge < -0.3 is 5.11 Å². The number of alkyl halides is 3. The van der Waals surface area contributed by atoms with Gasteiger partial charge in [0.25, 0.3) is 0 Å². The molecule has 0 unspecified atom stereocenters. The van der Waals surface area contributed by atoms with Crippen LogP contribution in [0.3, 0.4) is 0 Å². The maximum Gasteiger partial charge on any atom is 0.416 e. The van der Waals surface area contributed by atoms with Gasteiger partial charge in [-0.1, -0.05) is 0 Å². The monoisotopic (exact) mass is 320 g/mol. The van der Waals surface area contributed by atoms with Crippen molar-refractivity contribution < 1.29 is 22.7 Å². The van der Waals surface area contributed by atoms with Crippen molar-refractivity contribution in [2.75, 3.05) is 0 Å². The fourth-order valence-corrected chi connectivity index (χ4v) is 1.78. The van der Waals surface area contributed by atoms with Crippen LogP contribution in [-0.2, 0) is 12.8 Å². The van der Waals surface area contributed by atoms with Crippen molar-refractivity contribution >= 4 is 22.6 Å². The summed E-state index contributed by atoms with van der Waals surface area (Å²) >= 11 is 1.55. The molecule has 0 radical (unpaired) electrons. The van der Waals surface area contributed by atoms with E-state index in [1.807, 2.05) is 0 Å². The van der Waals surface area contributed by atoms with E-state index >= 15 is 0 Å². The Balaban J connectivity index is 3.40. The van der Waals surface area contributed by atoms with Crippen LogP contribution in [0, 0.1) is 9.39 Å². The van der Waals surface area contributed by atoms with Crippen LogP contribution in [0.5, 0.6) is 0 Å². The highest BCUT2D eigenvalue weighted by atomic mass is 127. The smallest absolute Gasteiger partial charge is 0.392 e. The van der Waals surface area contributed by atoms with Gasteiger partial charge in [-0.3, -0.25) is 0 Å². The first-order valence-corrected chi connectivity index (χ1v) is 4.60. The van der Waals surface area contributed by atoms with Crippen molar-refractivity contribution in [2.24, 2.45) is 0 Å². The third-order valence-electron chi connectivity index (χ3n) is 1.62. The molecule has 1 aromatic carbocycles. The molecule has 0 bridgehead atoms. The fraction of sp³-hybridized carbons (Fsp3) is 0.250. The fourth-order valence-electron chi connectivity index (χ4n) is 1.02. The molecule has 0 aliphatic heterocycles. The predicted octanol–water partition coefficient (Wildman–Crippen LogP) is 2.94. The first-order valence-electron chi connectivity index (χ1n) is 3.52. The molecule has 0 saturated carbocycles. The van der Waals surface area contributed by atoms with Gasteiger partial charge in [-0.15, -0.1) is 0 Å². The molecule has 14 heavy (non-hydrogen) atoms. The summed E-state index contributed by atoms with van der Waals surface area (Å²) in [4.78, 5) is 0. The molecule has 0 spiro atoms. The standard InChI is InChI=1S/C8H5F4IO/c9-4-1-6(8(10,11)12)5(3-14)7(13)2-4/h1-2,14H,3H2. The highest BCUT2D eigenvalue weighted by Crippen LogP contribution is 2.34. The Morgan fingerprint density at radius 2 is 1.86 bits per heavy atom. The minimum Gasteiger partial charge on any atom is -0.392 e. The van der Waals surface area contributed by atoms with Crippen LogP contribution >= 0.6 is 22.6 Å². The molecule has 1 nitrogen and oxygen atoms in total. The molecule has 1 rings (SSSR count). The van der Waals surface area contributed by atoms with Crippen molar-refractivity contribution in [3.05, 3.63) is 32.6 Å². The van der Waals surface area contributed by atoms with E-state index in [1.165, 1.54) is 0 Å². The van der Waals surface area contributed by atoms with Gasteiger partial charge in [0.2, 0.25) is 0 Å². The second-order valence-corrected chi connectivity index (χ2v) is 3.73. The normalized spacial score (nSPS) is 11.9. The number of rotatable bonds is 1. The maximum absolute atomic E-state index is 12.7. The van der Waals surface area contributed by atoms with E-state index in [1.54, 1.807) is 22.6 Å². The molecular weight excluding hydrogens is 315 g/mol. The molecule has 0 fully saturated rings. The molecule has 0 aromatic heterocycles. The summed E-state index contributed by atoms with van der Waals surface area (Å²) in [6.07, 6.45) is -4.64. The highest BCUT2D eigenvalue weighted by Gasteiger charge is 2.34. The highest BCUT2D eigenvalue weighted by molar-refractivity contribution is 14.1. The lowest BCUT2D eigenvalue weighted by molar-refractivity contribution is -0.138. The largest absolute Gasteiger partial charge is 0.416 e. The Morgan fingerprint density at radius 1 is 1.29 bits per heavy atom. The number of aliphatic hydroxyl groups excluding tert-OH is 1. The number of benzene rings is 1. The molecule has 0 saturated heterocycles. The van der Waals surface area contributed by atoms with Gasteiger partial charge in [-0.25, -0.2) is 4.39 Å². The van der Waals surface area contributed by atoms with E-state index in [0.717, 1.165) is 6.07 Å². The Labute approximate surface area is 90.9 Å². The zero-order valence-corrected chi connectivity index (χ0v) is 8.86. The second-order valence-electron chi connectivity index (χ2n) is 2.57. The van der Waals surface area contributed by atoms with E-state index in [9.17, 15) is 17.6 Å². The van der Waals surface area contributed by atoms with Crippen molar-refractivity contribution in [1.82, 2.24) is 0 Å². The van der Waals surface area contributed by atoms with Crippen LogP contribution in [0.4, 0.5) is 17.6 Å². The third-order valence-corrected chi connectivity index (χ3v) is 2.59. The van der Waals surface area contributed by atoms with Crippen molar-refractivity contribution in [2.45, 2.75) is 12.8 Å². The topological polar surface area (TPSA) is 20.2 Å². The van der Waals surface area contributed by atoms with E-state index in [4.69, 9.17) is 5.11 Å². The van der Waals surface area contributed by atoms with Crippen LogP contribution in [0.15, 0.2) is 12.1 Å². The van der Waals surface area contributed by atoms with Crippen LogP contribution in [0.25, 0.3) is 0 Å².